The fourth-order valence-corrected chi connectivity index (χ4v) is 6.65. The Kier molecular flexibility index (Phi) is 4.82. The van der Waals surface area contributed by atoms with Gasteiger partial charge in [0.05, 0.1) is 30.8 Å². The first-order chi connectivity index (χ1) is 12.1. The van der Waals surface area contributed by atoms with Crippen molar-refractivity contribution in [2.45, 2.75) is 76.6 Å². The molecule has 2 unspecified atom stereocenters. The van der Waals surface area contributed by atoms with Gasteiger partial charge in [0, 0.05) is 5.41 Å². The monoisotopic (exact) mass is 366 g/mol. The molecule has 2 aliphatic carbocycles. The predicted octanol–water partition coefficient (Wildman–Crippen LogP) is 2.84. The third kappa shape index (κ3) is 2.50. The van der Waals surface area contributed by atoms with Gasteiger partial charge in [0.15, 0.2) is 0 Å². The Balaban J connectivity index is 2.01. The number of rotatable bonds is 3. The lowest BCUT2D eigenvalue weighted by Gasteiger charge is -2.66. The van der Waals surface area contributed by atoms with Crippen LogP contribution >= 0.6 is 0 Å². The van der Waals surface area contributed by atoms with Crippen LogP contribution in [0.1, 0.15) is 59.3 Å². The number of hydrogen-bond donors (Lipinski definition) is 2. The van der Waals surface area contributed by atoms with E-state index < -0.39 is 28.1 Å². The van der Waals surface area contributed by atoms with E-state index in [0.29, 0.717) is 19.3 Å². The Morgan fingerprint density at radius 3 is 2.42 bits per heavy atom. The number of esters is 1. The van der Waals surface area contributed by atoms with E-state index in [4.69, 9.17) is 9.47 Å². The molecule has 26 heavy (non-hydrogen) atoms. The lowest BCUT2D eigenvalue weighted by molar-refractivity contribution is -0.282. The average molecular weight is 366 g/mol. The van der Waals surface area contributed by atoms with Crippen LogP contribution in [0.3, 0.4) is 0 Å². The van der Waals surface area contributed by atoms with Crippen LogP contribution in [0.15, 0.2) is 12.7 Å². The second kappa shape index (κ2) is 6.32. The van der Waals surface area contributed by atoms with Crippen molar-refractivity contribution in [1.82, 2.24) is 0 Å². The van der Waals surface area contributed by atoms with Crippen LogP contribution in [0.2, 0.25) is 0 Å². The van der Waals surface area contributed by atoms with Crippen molar-refractivity contribution in [2.24, 2.45) is 22.7 Å². The Hall–Kier alpha value is -0.910. The third-order valence-corrected chi connectivity index (χ3v) is 8.18. The molecule has 5 nitrogen and oxygen atoms in total. The van der Waals surface area contributed by atoms with Gasteiger partial charge in [0.1, 0.15) is 5.60 Å². The predicted molar refractivity (Wildman–Crippen MR) is 98.4 cm³/mol. The molecule has 3 rings (SSSR count). The molecule has 1 saturated heterocycles. The molecule has 0 amide bonds. The van der Waals surface area contributed by atoms with Crippen LogP contribution in [0.5, 0.6) is 0 Å². The van der Waals surface area contributed by atoms with Crippen molar-refractivity contribution >= 4 is 5.97 Å². The van der Waals surface area contributed by atoms with Gasteiger partial charge in [0.2, 0.25) is 0 Å². The molecule has 3 aliphatic rings. The van der Waals surface area contributed by atoms with E-state index in [1.165, 1.54) is 7.11 Å². The van der Waals surface area contributed by atoms with E-state index >= 15 is 0 Å². The van der Waals surface area contributed by atoms with Gasteiger partial charge in [0.25, 0.3) is 0 Å². The van der Waals surface area contributed by atoms with Crippen molar-refractivity contribution in [3.8, 4) is 0 Å². The first kappa shape index (κ1) is 19.8. The molecule has 2 saturated carbocycles. The summed E-state index contributed by atoms with van der Waals surface area (Å²) in [5.41, 5.74) is -2.15. The number of carbonyl (C=O) groups is 1. The van der Waals surface area contributed by atoms with E-state index in [1.807, 2.05) is 6.92 Å². The molecular formula is C21H34O5. The molecule has 148 valence electrons. The van der Waals surface area contributed by atoms with Gasteiger partial charge in [-0.2, -0.15) is 0 Å². The summed E-state index contributed by atoms with van der Waals surface area (Å²) >= 11 is 0. The van der Waals surface area contributed by atoms with Crippen molar-refractivity contribution in [3.05, 3.63) is 12.7 Å². The maximum atomic E-state index is 12.6. The summed E-state index contributed by atoms with van der Waals surface area (Å²) in [6.07, 6.45) is 5.61. The Morgan fingerprint density at radius 1 is 1.19 bits per heavy atom. The molecule has 3 fully saturated rings. The molecule has 0 aromatic heterocycles. The summed E-state index contributed by atoms with van der Waals surface area (Å²) in [6, 6.07) is 0. The maximum absolute atomic E-state index is 12.6. The molecule has 2 N–H and O–H groups in total. The van der Waals surface area contributed by atoms with Gasteiger partial charge in [-0.3, -0.25) is 4.79 Å². The zero-order chi connectivity index (χ0) is 19.4. The van der Waals surface area contributed by atoms with Crippen LogP contribution in [0.4, 0.5) is 0 Å². The molecule has 1 heterocycles. The van der Waals surface area contributed by atoms with Gasteiger partial charge in [-0.05, 0) is 64.2 Å². The minimum atomic E-state index is -0.709. The lowest BCUT2D eigenvalue weighted by Crippen LogP contribution is -2.68. The van der Waals surface area contributed by atoms with Gasteiger partial charge in [-0.15, -0.1) is 6.58 Å². The number of carbonyl (C=O) groups excluding carboxylic acids is 1. The Morgan fingerprint density at radius 2 is 1.85 bits per heavy atom. The standard InChI is InChI=1S/C21H34O5/c1-6-21(13-22)12-8-15-19(3,26-21)11-7-14-18(2,17(24)25-5)10-9-16(23)20(14,15)4/h6,14-16,22-23H,1,7-13H2,2-5H3/t14?,15?,16-,18-,19-,20+,21+/m0/s1. The number of hydrogen-bond acceptors (Lipinski definition) is 5. The topological polar surface area (TPSA) is 76.0 Å². The maximum Gasteiger partial charge on any atom is 0.311 e. The van der Waals surface area contributed by atoms with Crippen LogP contribution in [0.25, 0.3) is 0 Å². The van der Waals surface area contributed by atoms with Crippen LogP contribution < -0.4 is 0 Å². The zero-order valence-electron chi connectivity index (χ0n) is 16.6. The molecule has 0 spiro atoms. The van der Waals surface area contributed by atoms with Crippen LogP contribution in [-0.4, -0.2) is 47.2 Å². The SMILES string of the molecule is C=C[C@]1(CO)CCC2[C@@]3(C)C(CC[C@]2(C)O1)[C@@](C)(C(=O)OC)CC[C@@H]3O. The highest BCUT2D eigenvalue weighted by Crippen LogP contribution is 2.65. The van der Waals surface area contributed by atoms with Crippen molar-refractivity contribution in [3.63, 3.8) is 0 Å². The number of ether oxygens (including phenoxy) is 2. The number of fused-ring (bicyclic) bond motifs is 3. The second-order valence-electron chi connectivity index (χ2n) is 9.35. The van der Waals surface area contributed by atoms with E-state index in [1.54, 1.807) is 6.08 Å². The summed E-state index contributed by atoms with van der Waals surface area (Å²) in [4.78, 5) is 12.6. The summed E-state index contributed by atoms with van der Waals surface area (Å²) in [5, 5.41) is 20.9. The molecule has 0 bridgehead atoms. The smallest absolute Gasteiger partial charge is 0.311 e. The number of aliphatic hydroxyl groups excluding tert-OH is 2. The Labute approximate surface area is 156 Å². The van der Waals surface area contributed by atoms with E-state index in [2.05, 4.69) is 20.4 Å². The van der Waals surface area contributed by atoms with E-state index in [-0.39, 0.29) is 24.4 Å². The summed E-state index contributed by atoms with van der Waals surface area (Å²) < 4.78 is 11.6. The minimum absolute atomic E-state index is 0.0539. The molecule has 7 atom stereocenters. The molecule has 0 aromatic carbocycles. The third-order valence-electron chi connectivity index (χ3n) is 8.18. The van der Waals surface area contributed by atoms with Crippen LogP contribution in [0, 0.1) is 22.7 Å². The average Bonchev–Trinajstić information content (AvgIpc) is 2.63. The Bertz CT molecular complexity index is 591. The largest absolute Gasteiger partial charge is 0.469 e. The highest BCUT2D eigenvalue weighted by molar-refractivity contribution is 5.77. The number of aliphatic hydroxyl groups is 2. The van der Waals surface area contributed by atoms with Gasteiger partial charge in [-0.25, -0.2) is 0 Å². The van der Waals surface area contributed by atoms with Gasteiger partial charge < -0.3 is 19.7 Å². The lowest BCUT2D eigenvalue weighted by atomic mass is 9.43. The molecule has 5 heteroatoms. The first-order valence-electron chi connectivity index (χ1n) is 9.83. The molecule has 0 aromatic rings. The highest BCUT2D eigenvalue weighted by Gasteiger charge is 2.67. The van der Waals surface area contributed by atoms with Gasteiger partial charge >= 0.3 is 5.97 Å². The van der Waals surface area contributed by atoms with Crippen LogP contribution in [-0.2, 0) is 14.3 Å². The fourth-order valence-electron chi connectivity index (χ4n) is 6.65. The van der Waals surface area contributed by atoms with E-state index in [0.717, 1.165) is 19.3 Å². The summed E-state index contributed by atoms with van der Waals surface area (Å²) in [5.74, 6) is 0.00245. The van der Waals surface area contributed by atoms with Crippen molar-refractivity contribution in [1.29, 1.82) is 0 Å². The summed E-state index contributed by atoms with van der Waals surface area (Å²) in [7, 11) is 1.45. The summed E-state index contributed by atoms with van der Waals surface area (Å²) in [6.45, 7) is 10.0. The normalized spacial score (nSPS) is 51.1. The second-order valence-corrected chi connectivity index (χ2v) is 9.35. The van der Waals surface area contributed by atoms with Crippen molar-refractivity contribution in [2.75, 3.05) is 13.7 Å². The molecular weight excluding hydrogens is 332 g/mol. The zero-order valence-corrected chi connectivity index (χ0v) is 16.6. The van der Waals surface area contributed by atoms with Crippen molar-refractivity contribution < 1.29 is 24.5 Å². The minimum Gasteiger partial charge on any atom is -0.469 e. The van der Waals surface area contributed by atoms with Gasteiger partial charge in [-0.1, -0.05) is 13.0 Å². The quantitative estimate of drug-likeness (QED) is 0.593. The fraction of sp³-hybridized carbons (Fsp3) is 0.857. The first-order valence-corrected chi connectivity index (χ1v) is 9.83. The highest BCUT2D eigenvalue weighted by atomic mass is 16.5. The molecule has 0 radical (unpaired) electrons. The number of methoxy groups -OCH3 is 1. The van der Waals surface area contributed by atoms with E-state index in [9.17, 15) is 15.0 Å². The molecule has 1 aliphatic heterocycles.